The summed E-state index contributed by atoms with van der Waals surface area (Å²) in [5, 5.41) is 7.99. The summed E-state index contributed by atoms with van der Waals surface area (Å²) in [6.45, 7) is 8.51. The van der Waals surface area contributed by atoms with Gasteiger partial charge in [0.05, 0.1) is 12.2 Å². The first-order valence-electron chi connectivity index (χ1n) is 9.19. The standard InChI is InChI=1S/C23H24ClN3O/c1-15-12-16(2)22(17(3)13-15)25-21(28)11-10-20-18(4)26-27(23(20)24)14-19-8-6-5-7-9-19/h5-13H,14H2,1-4H3,(H,25,28)/b11-10+. The molecule has 144 valence electrons. The first kappa shape index (κ1) is 19.9. The van der Waals surface area contributed by atoms with Crippen molar-refractivity contribution in [2.75, 3.05) is 5.32 Å². The minimum Gasteiger partial charge on any atom is -0.322 e. The van der Waals surface area contributed by atoms with Crippen LogP contribution < -0.4 is 5.32 Å². The van der Waals surface area contributed by atoms with Gasteiger partial charge in [0.15, 0.2) is 0 Å². The molecule has 0 radical (unpaired) electrons. The number of nitrogens with one attached hydrogen (secondary N) is 1. The van der Waals surface area contributed by atoms with E-state index >= 15 is 0 Å². The summed E-state index contributed by atoms with van der Waals surface area (Å²) in [6.07, 6.45) is 3.22. The van der Waals surface area contributed by atoms with Gasteiger partial charge in [0.25, 0.3) is 0 Å². The van der Waals surface area contributed by atoms with E-state index in [-0.39, 0.29) is 5.91 Å². The van der Waals surface area contributed by atoms with Crippen LogP contribution in [-0.4, -0.2) is 15.7 Å². The van der Waals surface area contributed by atoms with E-state index in [0.717, 1.165) is 33.6 Å². The smallest absolute Gasteiger partial charge is 0.248 e. The summed E-state index contributed by atoms with van der Waals surface area (Å²) in [6, 6.07) is 14.1. The van der Waals surface area contributed by atoms with Gasteiger partial charge >= 0.3 is 0 Å². The lowest BCUT2D eigenvalue weighted by Crippen LogP contribution is -2.10. The highest BCUT2D eigenvalue weighted by atomic mass is 35.5. The predicted octanol–water partition coefficient (Wildman–Crippen LogP) is 5.47. The van der Waals surface area contributed by atoms with Crippen molar-refractivity contribution in [3.63, 3.8) is 0 Å². The van der Waals surface area contributed by atoms with Crippen LogP contribution in [0, 0.1) is 27.7 Å². The minimum atomic E-state index is -0.193. The third-order valence-electron chi connectivity index (χ3n) is 4.61. The lowest BCUT2D eigenvalue weighted by Gasteiger charge is -2.11. The van der Waals surface area contributed by atoms with Gasteiger partial charge < -0.3 is 5.32 Å². The average Bonchev–Trinajstić information content (AvgIpc) is 2.90. The molecule has 1 aromatic heterocycles. The van der Waals surface area contributed by atoms with Crippen molar-refractivity contribution in [3.8, 4) is 0 Å². The molecule has 3 aromatic rings. The van der Waals surface area contributed by atoms with Crippen molar-refractivity contribution in [1.29, 1.82) is 0 Å². The van der Waals surface area contributed by atoms with Crippen molar-refractivity contribution in [3.05, 3.63) is 87.2 Å². The number of anilines is 1. The third-order valence-corrected chi connectivity index (χ3v) is 5.01. The van der Waals surface area contributed by atoms with Crippen LogP contribution in [-0.2, 0) is 11.3 Å². The van der Waals surface area contributed by atoms with Crippen LogP contribution in [0.25, 0.3) is 6.08 Å². The predicted molar refractivity (Wildman–Crippen MR) is 116 cm³/mol. The molecule has 5 heteroatoms. The Morgan fingerprint density at radius 2 is 1.75 bits per heavy atom. The highest BCUT2D eigenvalue weighted by Gasteiger charge is 2.12. The second-order valence-corrected chi connectivity index (χ2v) is 7.39. The van der Waals surface area contributed by atoms with E-state index in [0.29, 0.717) is 11.7 Å². The number of amides is 1. The Hall–Kier alpha value is -2.85. The van der Waals surface area contributed by atoms with Crippen molar-refractivity contribution in [1.82, 2.24) is 9.78 Å². The molecule has 3 rings (SSSR count). The molecule has 0 unspecified atom stereocenters. The average molecular weight is 394 g/mol. The van der Waals surface area contributed by atoms with Gasteiger partial charge in [0.2, 0.25) is 5.91 Å². The molecule has 0 fully saturated rings. The lowest BCUT2D eigenvalue weighted by atomic mass is 10.1. The molecule has 1 heterocycles. The maximum absolute atomic E-state index is 12.4. The van der Waals surface area contributed by atoms with Crippen molar-refractivity contribution in [2.24, 2.45) is 0 Å². The van der Waals surface area contributed by atoms with E-state index in [4.69, 9.17) is 11.6 Å². The minimum absolute atomic E-state index is 0.193. The van der Waals surface area contributed by atoms with E-state index in [1.807, 2.05) is 58.0 Å². The molecule has 0 bridgehead atoms. The highest BCUT2D eigenvalue weighted by molar-refractivity contribution is 6.31. The number of carbonyl (C=O) groups is 1. The van der Waals surface area contributed by atoms with Crippen molar-refractivity contribution >= 4 is 29.3 Å². The molecule has 0 aliphatic carbocycles. The quantitative estimate of drug-likeness (QED) is 0.584. The number of hydrogen-bond acceptors (Lipinski definition) is 2. The number of benzene rings is 2. The first-order valence-corrected chi connectivity index (χ1v) is 9.56. The second kappa shape index (κ2) is 8.44. The fourth-order valence-corrected chi connectivity index (χ4v) is 3.62. The van der Waals surface area contributed by atoms with Gasteiger partial charge in [0, 0.05) is 17.3 Å². The molecule has 0 aliphatic rings. The van der Waals surface area contributed by atoms with Crippen LogP contribution in [0.3, 0.4) is 0 Å². The number of hydrogen-bond donors (Lipinski definition) is 1. The van der Waals surface area contributed by atoms with Gasteiger partial charge in [-0.15, -0.1) is 0 Å². The molecule has 1 N–H and O–H groups in total. The van der Waals surface area contributed by atoms with E-state index in [1.54, 1.807) is 10.8 Å². The SMILES string of the molecule is Cc1cc(C)c(NC(=O)/C=C/c2c(C)nn(Cc3ccccc3)c2Cl)c(C)c1. The van der Waals surface area contributed by atoms with Gasteiger partial charge in [-0.1, -0.05) is 59.6 Å². The molecule has 1 amide bonds. The number of aryl methyl sites for hydroxylation is 4. The number of rotatable bonds is 5. The Bertz CT molecular complexity index is 1010. The molecule has 0 atom stereocenters. The molecule has 0 saturated heterocycles. The van der Waals surface area contributed by atoms with E-state index in [1.165, 1.54) is 11.6 Å². The van der Waals surface area contributed by atoms with Crippen LogP contribution in [0.4, 0.5) is 5.69 Å². The van der Waals surface area contributed by atoms with E-state index < -0.39 is 0 Å². The molecular weight excluding hydrogens is 370 g/mol. The molecule has 0 aliphatic heterocycles. The summed E-state index contributed by atoms with van der Waals surface area (Å²) in [5.74, 6) is -0.193. The Balaban J connectivity index is 1.76. The summed E-state index contributed by atoms with van der Waals surface area (Å²) in [7, 11) is 0. The van der Waals surface area contributed by atoms with Gasteiger partial charge in [0.1, 0.15) is 5.15 Å². The Morgan fingerprint density at radius 1 is 1.11 bits per heavy atom. The normalized spacial score (nSPS) is 11.2. The number of halogens is 1. The van der Waals surface area contributed by atoms with Crippen LogP contribution in [0.2, 0.25) is 5.15 Å². The van der Waals surface area contributed by atoms with Crippen LogP contribution in [0.5, 0.6) is 0 Å². The number of aromatic nitrogens is 2. The molecule has 0 spiro atoms. The summed E-state index contributed by atoms with van der Waals surface area (Å²) >= 11 is 6.51. The van der Waals surface area contributed by atoms with Gasteiger partial charge in [-0.3, -0.25) is 4.79 Å². The zero-order chi connectivity index (χ0) is 20.3. The Morgan fingerprint density at radius 3 is 2.39 bits per heavy atom. The van der Waals surface area contributed by atoms with Crippen LogP contribution >= 0.6 is 11.6 Å². The second-order valence-electron chi connectivity index (χ2n) is 7.03. The number of nitrogens with zero attached hydrogens (tertiary/aromatic N) is 2. The fraction of sp³-hybridized carbons (Fsp3) is 0.217. The van der Waals surface area contributed by atoms with Gasteiger partial charge in [-0.25, -0.2) is 4.68 Å². The van der Waals surface area contributed by atoms with Crippen LogP contribution in [0.15, 0.2) is 48.5 Å². The summed E-state index contributed by atoms with van der Waals surface area (Å²) in [4.78, 5) is 12.4. The highest BCUT2D eigenvalue weighted by Crippen LogP contribution is 2.24. The van der Waals surface area contributed by atoms with Crippen molar-refractivity contribution < 1.29 is 4.79 Å². The molecule has 28 heavy (non-hydrogen) atoms. The third kappa shape index (κ3) is 4.52. The van der Waals surface area contributed by atoms with Crippen molar-refractivity contribution in [2.45, 2.75) is 34.2 Å². The molecular formula is C23H24ClN3O. The first-order chi connectivity index (χ1) is 13.3. The zero-order valence-electron chi connectivity index (χ0n) is 16.6. The monoisotopic (exact) mass is 393 g/mol. The summed E-state index contributed by atoms with van der Waals surface area (Å²) < 4.78 is 1.75. The fourth-order valence-electron chi connectivity index (χ4n) is 3.32. The maximum Gasteiger partial charge on any atom is 0.248 e. The summed E-state index contributed by atoms with van der Waals surface area (Å²) in [5.41, 5.74) is 6.77. The van der Waals surface area contributed by atoms with Gasteiger partial charge in [-0.05, 0) is 50.5 Å². The Kier molecular flexibility index (Phi) is 6.00. The molecule has 2 aromatic carbocycles. The Labute approximate surface area is 170 Å². The molecule has 4 nitrogen and oxygen atoms in total. The maximum atomic E-state index is 12.4. The largest absolute Gasteiger partial charge is 0.322 e. The zero-order valence-corrected chi connectivity index (χ0v) is 17.3. The van der Waals surface area contributed by atoms with E-state index in [9.17, 15) is 4.79 Å². The lowest BCUT2D eigenvalue weighted by molar-refractivity contribution is -0.111. The van der Waals surface area contributed by atoms with Crippen LogP contribution in [0.1, 0.15) is 33.5 Å². The van der Waals surface area contributed by atoms with E-state index in [2.05, 4.69) is 22.5 Å². The molecule has 0 saturated carbocycles. The van der Waals surface area contributed by atoms with Gasteiger partial charge in [-0.2, -0.15) is 5.10 Å². The topological polar surface area (TPSA) is 46.9 Å². The number of carbonyl (C=O) groups excluding carboxylic acids is 1.